The SMILES string of the molecule is OCCn1nccc1C1CCN(Cc2cc(F)ccc2Cl)CC1. The molecule has 1 aliphatic heterocycles. The van der Waals surface area contributed by atoms with Crippen molar-refractivity contribution in [2.75, 3.05) is 19.7 Å². The fraction of sp³-hybridized carbons (Fsp3) is 0.471. The number of nitrogens with zero attached hydrogens (tertiary/aromatic N) is 3. The van der Waals surface area contributed by atoms with Gasteiger partial charge in [-0.1, -0.05) is 11.6 Å². The quantitative estimate of drug-likeness (QED) is 0.911. The summed E-state index contributed by atoms with van der Waals surface area (Å²) in [6, 6.07) is 6.57. The topological polar surface area (TPSA) is 41.3 Å². The van der Waals surface area contributed by atoms with Gasteiger partial charge in [0.1, 0.15) is 5.82 Å². The summed E-state index contributed by atoms with van der Waals surface area (Å²) in [4.78, 5) is 2.31. The smallest absolute Gasteiger partial charge is 0.123 e. The molecule has 3 rings (SSSR count). The average Bonchev–Trinajstić information content (AvgIpc) is 3.00. The molecule has 4 nitrogen and oxygen atoms in total. The van der Waals surface area contributed by atoms with Crippen molar-refractivity contribution in [2.24, 2.45) is 0 Å². The minimum Gasteiger partial charge on any atom is -0.394 e. The van der Waals surface area contributed by atoms with E-state index in [0.717, 1.165) is 31.5 Å². The first-order valence-corrected chi connectivity index (χ1v) is 8.34. The van der Waals surface area contributed by atoms with E-state index in [9.17, 15) is 4.39 Å². The number of benzene rings is 1. The van der Waals surface area contributed by atoms with Crippen molar-refractivity contribution in [3.8, 4) is 0 Å². The van der Waals surface area contributed by atoms with Crippen LogP contribution in [-0.2, 0) is 13.1 Å². The van der Waals surface area contributed by atoms with Gasteiger partial charge in [-0.15, -0.1) is 0 Å². The van der Waals surface area contributed by atoms with E-state index in [1.165, 1.54) is 17.8 Å². The van der Waals surface area contributed by atoms with Crippen LogP contribution in [0.5, 0.6) is 0 Å². The lowest BCUT2D eigenvalue weighted by atomic mass is 9.93. The second-order valence-electron chi connectivity index (χ2n) is 5.99. The number of likely N-dealkylation sites (tertiary alicyclic amines) is 1. The molecule has 0 amide bonds. The molecule has 2 heterocycles. The van der Waals surface area contributed by atoms with E-state index >= 15 is 0 Å². The van der Waals surface area contributed by atoms with Crippen LogP contribution in [-0.4, -0.2) is 39.5 Å². The van der Waals surface area contributed by atoms with E-state index in [4.69, 9.17) is 16.7 Å². The number of aromatic nitrogens is 2. The normalized spacial score (nSPS) is 16.8. The van der Waals surface area contributed by atoms with E-state index in [1.807, 2.05) is 10.7 Å². The lowest BCUT2D eigenvalue weighted by Gasteiger charge is -2.32. The molecule has 1 aliphatic rings. The molecule has 0 aliphatic carbocycles. The highest BCUT2D eigenvalue weighted by molar-refractivity contribution is 6.31. The van der Waals surface area contributed by atoms with Crippen LogP contribution in [0.4, 0.5) is 4.39 Å². The Morgan fingerprint density at radius 2 is 2.04 bits per heavy atom. The second-order valence-corrected chi connectivity index (χ2v) is 6.40. The van der Waals surface area contributed by atoms with Crippen molar-refractivity contribution < 1.29 is 9.50 Å². The van der Waals surface area contributed by atoms with E-state index in [-0.39, 0.29) is 12.4 Å². The number of rotatable bonds is 5. The number of aliphatic hydroxyl groups excluding tert-OH is 1. The zero-order valence-corrected chi connectivity index (χ0v) is 13.7. The maximum Gasteiger partial charge on any atom is 0.123 e. The average molecular weight is 338 g/mol. The van der Waals surface area contributed by atoms with Crippen molar-refractivity contribution in [3.05, 3.63) is 52.6 Å². The molecule has 0 spiro atoms. The summed E-state index contributed by atoms with van der Waals surface area (Å²) < 4.78 is 15.3. The van der Waals surface area contributed by atoms with Crippen molar-refractivity contribution in [2.45, 2.75) is 31.8 Å². The third kappa shape index (κ3) is 3.91. The highest BCUT2D eigenvalue weighted by Gasteiger charge is 2.23. The Labute approximate surface area is 140 Å². The van der Waals surface area contributed by atoms with Crippen LogP contribution in [0.15, 0.2) is 30.5 Å². The van der Waals surface area contributed by atoms with E-state index in [1.54, 1.807) is 12.3 Å². The van der Waals surface area contributed by atoms with Gasteiger partial charge in [0, 0.05) is 29.4 Å². The van der Waals surface area contributed by atoms with Crippen LogP contribution in [0.25, 0.3) is 0 Å². The Morgan fingerprint density at radius 3 is 2.78 bits per heavy atom. The molecule has 23 heavy (non-hydrogen) atoms. The fourth-order valence-electron chi connectivity index (χ4n) is 3.26. The molecule has 2 aromatic rings. The van der Waals surface area contributed by atoms with Gasteiger partial charge in [0.05, 0.1) is 13.2 Å². The third-order valence-electron chi connectivity index (χ3n) is 4.47. The lowest BCUT2D eigenvalue weighted by Crippen LogP contribution is -2.33. The molecule has 1 fully saturated rings. The minimum absolute atomic E-state index is 0.103. The molecule has 124 valence electrons. The molecule has 1 aromatic carbocycles. The Balaban J connectivity index is 1.60. The summed E-state index contributed by atoms with van der Waals surface area (Å²) in [5.41, 5.74) is 2.04. The van der Waals surface area contributed by atoms with Crippen LogP contribution in [0.2, 0.25) is 5.02 Å². The van der Waals surface area contributed by atoms with Gasteiger partial charge >= 0.3 is 0 Å². The van der Waals surface area contributed by atoms with E-state index < -0.39 is 0 Å². The predicted molar refractivity (Wildman–Crippen MR) is 88.0 cm³/mol. The molecular weight excluding hydrogens is 317 g/mol. The summed E-state index contributed by atoms with van der Waals surface area (Å²) in [5.74, 6) is 0.218. The van der Waals surface area contributed by atoms with Crippen LogP contribution in [0.1, 0.15) is 30.0 Å². The lowest BCUT2D eigenvalue weighted by molar-refractivity contribution is 0.198. The van der Waals surface area contributed by atoms with Gasteiger partial charge < -0.3 is 5.11 Å². The fourth-order valence-corrected chi connectivity index (χ4v) is 3.44. The summed E-state index contributed by atoms with van der Waals surface area (Å²) in [6.45, 7) is 3.22. The standard InChI is InChI=1S/C17H21ClFN3O/c18-16-2-1-15(19)11-14(16)12-21-7-4-13(5-8-21)17-3-6-20-22(17)9-10-23/h1-3,6,11,13,23H,4-5,7-10,12H2. The maximum atomic E-state index is 13.4. The van der Waals surface area contributed by atoms with Crippen molar-refractivity contribution in [1.82, 2.24) is 14.7 Å². The number of hydrogen-bond acceptors (Lipinski definition) is 3. The van der Waals surface area contributed by atoms with Gasteiger partial charge in [0.15, 0.2) is 0 Å². The molecule has 0 saturated carbocycles. The Hall–Kier alpha value is -1.43. The third-order valence-corrected chi connectivity index (χ3v) is 4.84. The van der Waals surface area contributed by atoms with Gasteiger partial charge in [-0.25, -0.2) is 4.39 Å². The number of hydrogen-bond donors (Lipinski definition) is 1. The summed E-state index contributed by atoms with van der Waals surface area (Å²) in [6.07, 6.45) is 3.86. The first kappa shape index (κ1) is 16.4. The van der Waals surface area contributed by atoms with Crippen molar-refractivity contribution >= 4 is 11.6 Å². The molecule has 0 atom stereocenters. The van der Waals surface area contributed by atoms with Gasteiger partial charge in [-0.05, 0) is 55.8 Å². The van der Waals surface area contributed by atoms with Crippen LogP contribution < -0.4 is 0 Å². The molecule has 0 unspecified atom stereocenters. The highest BCUT2D eigenvalue weighted by Crippen LogP contribution is 2.29. The second kappa shape index (κ2) is 7.43. The summed E-state index contributed by atoms with van der Waals surface area (Å²) in [7, 11) is 0. The Kier molecular flexibility index (Phi) is 5.30. The molecule has 0 bridgehead atoms. The van der Waals surface area contributed by atoms with Gasteiger partial charge in [-0.3, -0.25) is 9.58 Å². The van der Waals surface area contributed by atoms with Crippen LogP contribution >= 0.6 is 11.6 Å². The number of halogens is 2. The summed E-state index contributed by atoms with van der Waals surface area (Å²) in [5, 5.41) is 14.0. The summed E-state index contributed by atoms with van der Waals surface area (Å²) >= 11 is 6.15. The van der Waals surface area contributed by atoms with Crippen molar-refractivity contribution in [1.29, 1.82) is 0 Å². The maximum absolute atomic E-state index is 13.4. The molecule has 1 N–H and O–H groups in total. The highest BCUT2D eigenvalue weighted by atomic mass is 35.5. The Bertz CT molecular complexity index is 653. The molecule has 1 aromatic heterocycles. The molecule has 6 heteroatoms. The van der Waals surface area contributed by atoms with Crippen molar-refractivity contribution in [3.63, 3.8) is 0 Å². The van der Waals surface area contributed by atoms with Crippen LogP contribution in [0.3, 0.4) is 0 Å². The van der Waals surface area contributed by atoms with Gasteiger partial charge in [-0.2, -0.15) is 5.10 Å². The molecular formula is C17H21ClFN3O. The van der Waals surface area contributed by atoms with E-state index in [2.05, 4.69) is 10.00 Å². The number of aliphatic hydroxyl groups is 1. The zero-order chi connectivity index (χ0) is 16.2. The number of piperidine rings is 1. The monoisotopic (exact) mass is 337 g/mol. The molecule has 0 radical (unpaired) electrons. The van der Waals surface area contributed by atoms with Gasteiger partial charge in [0.25, 0.3) is 0 Å². The van der Waals surface area contributed by atoms with Gasteiger partial charge in [0.2, 0.25) is 0 Å². The van der Waals surface area contributed by atoms with Crippen LogP contribution in [0, 0.1) is 5.82 Å². The minimum atomic E-state index is -0.243. The zero-order valence-electron chi connectivity index (χ0n) is 13.0. The first-order valence-electron chi connectivity index (χ1n) is 7.96. The molecule has 1 saturated heterocycles. The Morgan fingerprint density at radius 1 is 1.26 bits per heavy atom. The van der Waals surface area contributed by atoms with E-state index in [0.29, 0.717) is 24.0 Å². The largest absolute Gasteiger partial charge is 0.394 e. The first-order chi connectivity index (χ1) is 11.2. The predicted octanol–water partition coefficient (Wildman–Crippen LogP) is 3.05.